The molecule has 0 spiro atoms. The van der Waals surface area contributed by atoms with Gasteiger partial charge in [-0.15, -0.1) is 0 Å². The molecule has 2 aliphatic rings. The van der Waals surface area contributed by atoms with Gasteiger partial charge in [0.2, 0.25) is 0 Å². The Balaban J connectivity index is 1.27. The molecule has 2 atom stereocenters. The van der Waals surface area contributed by atoms with Crippen molar-refractivity contribution in [3.8, 4) is 0 Å². The summed E-state index contributed by atoms with van der Waals surface area (Å²) in [5, 5.41) is 10.2. The van der Waals surface area contributed by atoms with Gasteiger partial charge in [-0.3, -0.25) is 9.59 Å². The predicted octanol–water partition coefficient (Wildman–Crippen LogP) is 5.83. The Morgan fingerprint density at radius 1 is 0.881 bits per heavy atom. The van der Waals surface area contributed by atoms with Gasteiger partial charge >= 0.3 is 0 Å². The van der Waals surface area contributed by atoms with Crippen molar-refractivity contribution >= 4 is 40.3 Å². The summed E-state index contributed by atoms with van der Waals surface area (Å²) in [5.74, 6) is 0.470. The van der Waals surface area contributed by atoms with Crippen LogP contribution in [0, 0.1) is 19.8 Å². The van der Waals surface area contributed by atoms with E-state index in [4.69, 9.17) is 12.2 Å². The Morgan fingerprint density at radius 2 is 1.67 bits per heavy atom. The number of nitrogens with one attached hydrogen (secondary N) is 3. The number of aromatic nitrogens is 1. The van der Waals surface area contributed by atoms with Crippen LogP contribution >= 0.6 is 12.2 Å². The van der Waals surface area contributed by atoms with Gasteiger partial charge in [0, 0.05) is 55.1 Å². The van der Waals surface area contributed by atoms with Crippen molar-refractivity contribution in [3.05, 3.63) is 123 Å². The van der Waals surface area contributed by atoms with Crippen LogP contribution in [0.4, 0.5) is 17.1 Å². The minimum absolute atomic E-state index is 0.0756. The molecule has 2 aliphatic heterocycles. The Morgan fingerprint density at radius 3 is 2.45 bits per heavy atom. The second-order valence-electron chi connectivity index (χ2n) is 11.5. The maximum Gasteiger partial charge on any atom is 0.251 e. The quantitative estimate of drug-likeness (QED) is 0.251. The van der Waals surface area contributed by atoms with Crippen LogP contribution in [0.5, 0.6) is 0 Å². The number of rotatable bonds is 6. The van der Waals surface area contributed by atoms with E-state index < -0.39 is 0 Å². The van der Waals surface area contributed by atoms with E-state index in [0.717, 1.165) is 65.5 Å². The van der Waals surface area contributed by atoms with E-state index in [1.54, 1.807) is 6.07 Å². The van der Waals surface area contributed by atoms with Crippen LogP contribution in [0.1, 0.15) is 45.1 Å². The Labute approximate surface area is 251 Å². The summed E-state index contributed by atoms with van der Waals surface area (Å²) >= 11 is 5.76. The third kappa shape index (κ3) is 6.09. The maximum atomic E-state index is 13.2. The van der Waals surface area contributed by atoms with Crippen LogP contribution in [0.15, 0.2) is 89.7 Å². The second-order valence-corrected chi connectivity index (χ2v) is 11.9. The van der Waals surface area contributed by atoms with Gasteiger partial charge in [-0.2, -0.15) is 0 Å². The molecule has 1 aromatic heterocycles. The smallest absolute Gasteiger partial charge is 0.251 e. The summed E-state index contributed by atoms with van der Waals surface area (Å²) in [7, 11) is 0. The first-order valence-corrected chi connectivity index (χ1v) is 14.8. The maximum absolute atomic E-state index is 13.2. The van der Waals surface area contributed by atoms with Crippen molar-refractivity contribution in [3.63, 3.8) is 0 Å². The standard InChI is InChI=1S/C34H35N5O2S/c1-22-13-23(2)15-28(14-22)36-34(42)37-29-17-26(33(41)35-18-24-7-4-3-5-8-24)11-12-31(29)38-19-25-16-27(21-38)30-9-6-10-32(40)39(30)20-25/h3-15,17,25,27H,16,18-21H2,1-2H3,(H,35,41)(H2,36,37,42). The third-order valence-electron chi connectivity index (χ3n) is 8.10. The van der Waals surface area contributed by atoms with Gasteiger partial charge in [0.1, 0.15) is 0 Å². The highest BCUT2D eigenvalue weighted by Crippen LogP contribution is 2.39. The fourth-order valence-electron chi connectivity index (χ4n) is 6.36. The number of thiocarbonyl (C=S) groups is 1. The van der Waals surface area contributed by atoms with Crippen LogP contribution in [-0.4, -0.2) is 28.7 Å². The zero-order valence-electron chi connectivity index (χ0n) is 23.9. The zero-order valence-corrected chi connectivity index (χ0v) is 24.7. The molecule has 7 nitrogen and oxygen atoms in total. The molecule has 4 aromatic rings. The number of piperidine rings is 1. The summed E-state index contributed by atoms with van der Waals surface area (Å²) in [5.41, 5.74) is 7.75. The van der Waals surface area contributed by atoms with E-state index in [-0.39, 0.29) is 17.4 Å². The number of carbonyl (C=O) groups excluding carboxylic acids is 1. The molecule has 2 bridgehead atoms. The van der Waals surface area contributed by atoms with E-state index in [1.165, 1.54) is 0 Å². The van der Waals surface area contributed by atoms with Crippen LogP contribution in [0.2, 0.25) is 0 Å². The minimum atomic E-state index is -0.148. The lowest BCUT2D eigenvalue weighted by atomic mass is 9.83. The van der Waals surface area contributed by atoms with Crippen LogP contribution < -0.4 is 26.4 Å². The highest BCUT2D eigenvalue weighted by molar-refractivity contribution is 7.80. The van der Waals surface area contributed by atoms with Crippen molar-refractivity contribution in [2.24, 2.45) is 5.92 Å². The summed E-state index contributed by atoms with van der Waals surface area (Å²) in [6.45, 7) is 6.89. The van der Waals surface area contributed by atoms with Gasteiger partial charge in [0.25, 0.3) is 11.5 Å². The largest absolute Gasteiger partial charge is 0.369 e. The number of anilines is 3. The van der Waals surface area contributed by atoms with Gasteiger partial charge in [0.05, 0.1) is 11.4 Å². The molecular formula is C34H35N5O2S. The average Bonchev–Trinajstić information content (AvgIpc) is 2.96. The Bertz CT molecular complexity index is 1680. The van der Waals surface area contributed by atoms with Gasteiger partial charge < -0.3 is 25.4 Å². The third-order valence-corrected chi connectivity index (χ3v) is 8.31. The number of carbonyl (C=O) groups is 1. The fourth-order valence-corrected chi connectivity index (χ4v) is 6.59. The number of aryl methyl sites for hydroxylation is 2. The van der Waals surface area contributed by atoms with Crippen molar-refractivity contribution < 1.29 is 4.79 Å². The van der Waals surface area contributed by atoms with E-state index in [0.29, 0.717) is 23.1 Å². The lowest BCUT2D eigenvalue weighted by Gasteiger charge is -2.44. The van der Waals surface area contributed by atoms with Crippen molar-refractivity contribution in [2.45, 2.75) is 39.3 Å². The number of hydrogen-bond donors (Lipinski definition) is 3. The van der Waals surface area contributed by atoms with E-state index in [2.05, 4.69) is 59.0 Å². The molecule has 8 heteroatoms. The van der Waals surface area contributed by atoms with E-state index in [1.807, 2.05) is 59.2 Å². The number of hydrogen-bond acceptors (Lipinski definition) is 4. The molecule has 214 valence electrons. The van der Waals surface area contributed by atoms with Crippen molar-refractivity contribution in [1.29, 1.82) is 0 Å². The molecule has 2 unspecified atom stereocenters. The molecule has 1 fully saturated rings. The van der Waals surface area contributed by atoms with E-state index >= 15 is 0 Å². The molecule has 42 heavy (non-hydrogen) atoms. The van der Waals surface area contributed by atoms with Gasteiger partial charge in [-0.25, -0.2) is 0 Å². The average molecular weight is 578 g/mol. The molecule has 0 radical (unpaired) electrons. The summed E-state index contributed by atoms with van der Waals surface area (Å²) in [6, 6.07) is 27.5. The first-order chi connectivity index (χ1) is 20.3. The SMILES string of the molecule is Cc1cc(C)cc(NC(=S)Nc2cc(C(=O)NCc3ccccc3)ccc2N2CC3CC(C2)c2cccc(=O)n2C3)c1. The molecular weight excluding hydrogens is 542 g/mol. The first-order valence-electron chi connectivity index (χ1n) is 14.4. The molecule has 3 heterocycles. The van der Waals surface area contributed by atoms with Gasteiger partial charge in [0.15, 0.2) is 5.11 Å². The minimum Gasteiger partial charge on any atom is -0.369 e. The first kappa shape index (κ1) is 27.7. The Kier molecular flexibility index (Phi) is 7.80. The number of amides is 1. The lowest BCUT2D eigenvalue weighted by Crippen LogP contribution is -2.47. The van der Waals surface area contributed by atoms with Gasteiger partial charge in [-0.1, -0.05) is 42.5 Å². The normalized spacial score (nSPS) is 17.2. The number of nitrogens with zero attached hydrogens (tertiary/aromatic N) is 2. The topological polar surface area (TPSA) is 78.4 Å². The molecule has 3 N–H and O–H groups in total. The number of pyridine rings is 1. The van der Waals surface area contributed by atoms with E-state index in [9.17, 15) is 9.59 Å². The molecule has 3 aromatic carbocycles. The van der Waals surface area contributed by atoms with Crippen LogP contribution in [0.25, 0.3) is 0 Å². The fraction of sp³-hybridized carbons (Fsp3) is 0.265. The number of benzene rings is 3. The van der Waals surface area contributed by atoms with Crippen LogP contribution in [0.3, 0.4) is 0 Å². The molecule has 0 aliphatic carbocycles. The monoisotopic (exact) mass is 577 g/mol. The molecule has 0 saturated carbocycles. The lowest BCUT2D eigenvalue weighted by molar-refractivity contribution is 0.0951. The Hall–Kier alpha value is -4.43. The second kappa shape index (κ2) is 11.8. The van der Waals surface area contributed by atoms with Crippen molar-refractivity contribution in [2.75, 3.05) is 28.6 Å². The predicted molar refractivity (Wildman–Crippen MR) is 174 cm³/mol. The molecule has 1 amide bonds. The molecule has 1 saturated heterocycles. The summed E-state index contributed by atoms with van der Waals surface area (Å²) in [4.78, 5) is 28.1. The highest BCUT2D eigenvalue weighted by Gasteiger charge is 2.35. The van der Waals surface area contributed by atoms with Crippen LogP contribution in [-0.2, 0) is 13.1 Å². The number of fused-ring (bicyclic) bond motifs is 4. The van der Waals surface area contributed by atoms with Crippen molar-refractivity contribution in [1.82, 2.24) is 9.88 Å². The summed E-state index contributed by atoms with van der Waals surface area (Å²) < 4.78 is 1.94. The molecule has 6 rings (SSSR count). The zero-order chi connectivity index (χ0) is 29.2. The highest BCUT2D eigenvalue weighted by atomic mass is 32.1. The summed E-state index contributed by atoms with van der Waals surface area (Å²) in [6.07, 6.45) is 1.06. The van der Waals surface area contributed by atoms with Gasteiger partial charge in [-0.05, 0) is 91.5 Å².